The molecule has 7 heteroatoms. The van der Waals surface area contributed by atoms with Crippen LogP contribution in [0.5, 0.6) is 0 Å². The van der Waals surface area contributed by atoms with Crippen LogP contribution in [-0.2, 0) is 0 Å². The summed E-state index contributed by atoms with van der Waals surface area (Å²) < 4.78 is 13.0. The predicted molar refractivity (Wildman–Crippen MR) is 75.3 cm³/mol. The topological polar surface area (TPSA) is 90.7 Å². The number of anilines is 2. The van der Waals surface area contributed by atoms with Crippen molar-refractivity contribution in [2.75, 3.05) is 17.2 Å². The number of carbonyl (C=O) groups excluding carboxylic acids is 1. The molecule has 0 aliphatic heterocycles. The fraction of sp³-hybridized carbons (Fsp3) is 0.143. The largest absolute Gasteiger partial charge is 0.369 e. The molecule has 0 saturated carbocycles. The smallest absolute Gasteiger partial charge is 0.275 e. The van der Waals surface area contributed by atoms with Gasteiger partial charge >= 0.3 is 0 Å². The molecular weight excluding hydrogens is 273 g/mol. The molecule has 0 unspecified atom stereocenters. The number of nitrogens with zero attached hydrogens (tertiary/aromatic N) is 3. The molecule has 0 aliphatic carbocycles. The van der Waals surface area contributed by atoms with Crippen LogP contribution in [0, 0.1) is 17.1 Å². The van der Waals surface area contributed by atoms with Gasteiger partial charge in [0.05, 0.1) is 23.6 Å². The zero-order valence-electron chi connectivity index (χ0n) is 11.2. The van der Waals surface area contributed by atoms with Crippen molar-refractivity contribution in [3.63, 3.8) is 0 Å². The van der Waals surface area contributed by atoms with Crippen LogP contribution in [0.2, 0.25) is 0 Å². The molecule has 0 radical (unpaired) electrons. The summed E-state index contributed by atoms with van der Waals surface area (Å²) in [7, 11) is 0. The highest BCUT2D eigenvalue weighted by molar-refractivity contribution is 6.03. The molecule has 0 aliphatic rings. The number of hydrogen-bond donors (Lipinski definition) is 2. The van der Waals surface area contributed by atoms with Gasteiger partial charge in [-0.1, -0.05) is 0 Å². The van der Waals surface area contributed by atoms with E-state index < -0.39 is 11.7 Å². The fourth-order valence-corrected chi connectivity index (χ4v) is 1.62. The third-order valence-corrected chi connectivity index (χ3v) is 2.59. The maximum absolute atomic E-state index is 13.0. The summed E-state index contributed by atoms with van der Waals surface area (Å²) in [5.41, 5.74) is 0.368. The number of nitrogens with one attached hydrogen (secondary N) is 2. The second-order valence-electron chi connectivity index (χ2n) is 4.07. The van der Waals surface area contributed by atoms with Gasteiger partial charge in [-0.2, -0.15) is 5.26 Å². The van der Waals surface area contributed by atoms with Crippen molar-refractivity contribution in [1.29, 1.82) is 5.26 Å². The average Bonchev–Trinajstić information content (AvgIpc) is 2.50. The quantitative estimate of drug-likeness (QED) is 0.898. The SMILES string of the molecule is CCNc1cnc(C(=O)Nc2ccc(F)cc2C#N)cn1. The lowest BCUT2D eigenvalue weighted by atomic mass is 10.2. The van der Waals surface area contributed by atoms with E-state index in [0.29, 0.717) is 12.4 Å². The first-order chi connectivity index (χ1) is 10.1. The molecule has 2 N–H and O–H groups in total. The maximum Gasteiger partial charge on any atom is 0.275 e. The summed E-state index contributed by atoms with van der Waals surface area (Å²) in [5, 5.41) is 14.4. The fourth-order valence-electron chi connectivity index (χ4n) is 1.62. The van der Waals surface area contributed by atoms with Gasteiger partial charge in [-0.3, -0.25) is 4.79 Å². The van der Waals surface area contributed by atoms with Crippen molar-refractivity contribution in [1.82, 2.24) is 9.97 Å². The minimum Gasteiger partial charge on any atom is -0.369 e. The Morgan fingerprint density at radius 3 is 2.81 bits per heavy atom. The first kappa shape index (κ1) is 14.4. The summed E-state index contributed by atoms with van der Waals surface area (Å²) in [6.07, 6.45) is 2.76. The molecule has 0 fully saturated rings. The van der Waals surface area contributed by atoms with Crippen molar-refractivity contribution in [2.24, 2.45) is 0 Å². The number of amides is 1. The molecule has 0 atom stereocenters. The molecule has 2 rings (SSSR count). The third kappa shape index (κ3) is 3.51. The molecule has 1 heterocycles. The molecule has 1 aromatic heterocycles. The van der Waals surface area contributed by atoms with Crippen LogP contribution in [0.25, 0.3) is 0 Å². The second-order valence-corrected chi connectivity index (χ2v) is 4.07. The van der Waals surface area contributed by atoms with Crippen LogP contribution in [-0.4, -0.2) is 22.4 Å². The van der Waals surface area contributed by atoms with Gasteiger partial charge in [0.15, 0.2) is 0 Å². The minimum atomic E-state index is -0.542. The van der Waals surface area contributed by atoms with Crippen molar-refractivity contribution in [2.45, 2.75) is 6.92 Å². The van der Waals surface area contributed by atoms with Crippen molar-refractivity contribution in [3.05, 3.63) is 47.7 Å². The molecule has 21 heavy (non-hydrogen) atoms. The van der Waals surface area contributed by atoms with Gasteiger partial charge in [-0.05, 0) is 25.1 Å². The lowest BCUT2D eigenvalue weighted by Crippen LogP contribution is -2.15. The van der Waals surface area contributed by atoms with E-state index in [1.165, 1.54) is 18.5 Å². The van der Waals surface area contributed by atoms with E-state index in [-0.39, 0.29) is 16.9 Å². The number of halogens is 1. The van der Waals surface area contributed by atoms with E-state index >= 15 is 0 Å². The number of carbonyl (C=O) groups is 1. The van der Waals surface area contributed by atoms with E-state index in [2.05, 4.69) is 20.6 Å². The van der Waals surface area contributed by atoms with Crippen LogP contribution in [0.3, 0.4) is 0 Å². The minimum absolute atomic E-state index is 0.0422. The molecule has 106 valence electrons. The lowest BCUT2D eigenvalue weighted by molar-refractivity contribution is 0.102. The van der Waals surface area contributed by atoms with E-state index in [1.54, 1.807) is 0 Å². The van der Waals surface area contributed by atoms with Crippen LogP contribution in [0.1, 0.15) is 23.0 Å². The molecule has 0 saturated heterocycles. The van der Waals surface area contributed by atoms with Crippen molar-refractivity contribution >= 4 is 17.4 Å². The number of nitriles is 1. The lowest BCUT2D eigenvalue weighted by Gasteiger charge is -2.07. The summed E-state index contributed by atoms with van der Waals surface area (Å²) in [5.74, 6) is -0.499. The van der Waals surface area contributed by atoms with Gasteiger partial charge in [0, 0.05) is 6.54 Å². The predicted octanol–water partition coefficient (Wildman–Crippen LogP) is 2.17. The van der Waals surface area contributed by atoms with E-state index in [1.807, 2.05) is 13.0 Å². The van der Waals surface area contributed by atoms with E-state index in [4.69, 9.17) is 5.26 Å². The summed E-state index contributed by atoms with van der Waals surface area (Å²) >= 11 is 0. The Labute approximate surface area is 120 Å². The van der Waals surface area contributed by atoms with E-state index in [0.717, 1.165) is 12.1 Å². The van der Waals surface area contributed by atoms with Crippen LogP contribution in [0.4, 0.5) is 15.9 Å². The molecule has 0 bridgehead atoms. The van der Waals surface area contributed by atoms with Crippen LogP contribution >= 0.6 is 0 Å². The molecular formula is C14H12FN5O. The highest BCUT2D eigenvalue weighted by Crippen LogP contribution is 2.16. The van der Waals surface area contributed by atoms with Gasteiger partial charge in [0.2, 0.25) is 0 Å². The van der Waals surface area contributed by atoms with Gasteiger partial charge < -0.3 is 10.6 Å². The van der Waals surface area contributed by atoms with Crippen LogP contribution < -0.4 is 10.6 Å². The molecule has 6 nitrogen and oxygen atoms in total. The van der Waals surface area contributed by atoms with Crippen molar-refractivity contribution < 1.29 is 9.18 Å². The maximum atomic E-state index is 13.0. The highest BCUT2D eigenvalue weighted by Gasteiger charge is 2.11. The monoisotopic (exact) mass is 285 g/mol. The molecule has 1 amide bonds. The first-order valence-electron chi connectivity index (χ1n) is 6.21. The van der Waals surface area contributed by atoms with Gasteiger partial charge in [-0.25, -0.2) is 14.4 Å². The second kappa shape index (κ2) is 6.43. The van der Waals surface area contributed by atoms with Crippen LogP contribution in [0.15, 0.2) is 30.6 Å². The number of rotatable bonds is 4. The van der Waals surface area contributed by atoms with Gasteiger partial charge in [-0.15, -0.1) is 0 Å². The highest BCUT2D eigenvalue weighted by atomic mass is 19.1. The Hall–Kier alpha value is -3.01. The number of aromatic nitrogens is 2. The first-order valence-corrected chi connectivity index (χ1v) is 6.21. The molecule has 1 aromatic carbocycles. The summed E-state index contributed by atoms with van der Waals surface area (Å²) in [6, 6.07) is 5.36. The Morgan fingerprint density at radius 1 is 1.38 bits per heavy atom. The Kier molecular flexibility index (Phi) is 4.41. The normalized spacial score (nSPS) is 9.76. The molecule has 2 aromatic rings. The average molecular weight is 285 g/mol. The Balaban J connectivity index is 2.16. The summed E-state index contributed by atoms with van der Waals surface area (Å²) in [4.78, 5) is 20.0. The summed E-state index contributed by atoms with van der Waals surface area (Å²) in [6.45, 7) is 2.61. The van der Waals surface area contributed by atoms with Gasteiger partial charge in [0.25, 0.3) is 5.91 Å². The third-order valence-electron chi connectivity index (χ3n) is 2.59. The molecule has 0 spiro atoms. The van der Waals surface area contributed by atoms with E-state index in [9.17, 15) is 9.18 Å². The number of benzene rings is 1. The Morgan fingerprint density at radius 2 is 2.19 bits per heavy atom. The number of hydrogen-bond acceptors (Lipinski definition) is 5. The van der Waals surface area contributed by atoms with Gasteiger partial charge in [0.1, 0.15) is 23.4 Å². The zero-order valence-corrected chi connectivity index (χ0v) is 11.2. The Bertz CT molecular complexity index is 694. The van der Waals surface area contributed by atoms with Crippen molar-refractivity contribution in [3.8, 4) is 6.07 Å². The standard InChI is InChI=1S/C14H12FN5O/c1-2-17-13-8-18-12(7-19-13)14(21)20-11-4-3-10(15)5-9(11)6-16/h3-5,7-8H,2H2,1H3,(H,17,19)(H,20,21). The zero-order chi connectivity index (χ0) is 15.2.